The van der Waals surface area contributed by atoms with Gasteiger partial charge in [-0.2, -0.15) is 0 Å². The normalized spacial score (nSPS) is 10.3. The molecule has 0 heterocycles. The first-order valence-corrected chi connectivity index (χ1v) is 6.81. The summed E-state index contributed by atoms with van der Waals surface area (Å²) >= 11 is 0. The van der Waals surface area contributed by atoms with Gasteiger partial charge in [-0.05, 0) is 55.4 Å². The second-order valence-electron chi connectivity index (χ2n) is 4.59. The van der Waals surface area contributed by atoms with Crippen molar-refractivity contribution in [2.75, 3.05) is 20.7 Å². The fourth-order valence-corrected chi connectivity index (χ4v) is 2.03. The first kappa shape index (κ1) is 14.4. The van der Waals surface area contributed by atoms with E-state index in [2.05, 4.69) is 29.6 Å². The number of hydrogen-bond acceptors (Lipinski definition) is 3. The van der Waals surface area contributed by atoms with Crippen LogP contribution in [-0.4, -0.2) is 20.7 Å². The minimum atomic E-state index is 0.590. The van der Waals surface area contributed by atoms with E-state index < -0.39 is 0 Å². The third-order valence-corrected chi connectivity index (χ3v) is 3.22. The van der Waals surface area contributed by atoms with E-state index in [0.29, 0.717) is 6.61 Å². The topological polar surface area (TPSA) is 30.5 Å². The van der Waals surface area contributed by atoms with Crippen molar-refractivity contribution in [2.45, 2.75) is 13.0 Å². The zero-order valence-corrected chi connectivity index (χ0v) is 12.1. The van der Waals surface area contributed by atoms with Crippen LogP contribution in [0.3, 0.4) is 0 Å². The third kappa shape index (κ3) is 4.00. The molecule has 0 fully saturated rings. The molecule has 0 aliphatic carbocycles. The van der Waals surface area contributed by atoms with E-state index in [1.165, 1.54) is 11.1 Å². The standard InChI is InChI=1S/C17H21NO2/c1-18-12-11-14-5-3-4-6-15(14)13-20-17-9-7-16(19-2)8-10-17/h3-10,18H,11-13H2,1-2H3. The molecule has 0 aliphatic rings. The van der Waals surface area contributed by atoms with Crippen LogP contribution in [-0.2, 0) is 13.0 Å². The molecule has 3 nitrogen and oxygen atoms in total. The van der Waals surface area contributed by atoms with Crippen molar-refractivity contribution in [3.8, 4) is 11.5 Å². The van der Waals surface area contributed by atoms with Crippen LogP contribution in [0.4, 0.5) is 0 Å². The Kier molecular flexibility index (Phi) is 5.44. The smallest absolute Gasteiger partial charge is 0.120 e. The lowest BCUT2D eigenvalue weighted by Gasteiger charge is -2.11. The highest BCUT2D eigenvalue weighted by atomic mass is 16.5. The van der Waals surface area contributed by atoms with Crippen molar-refractivity contribution in [1.29, 1.82) is 0 Å². The SMILES string of the molecule is CNCCc1ccccc1COc1ccc(OC)cc1. The highest BCUT2D eigenvalue weighted by molar-refractivity contribution is 5.32. The highest BCUT2D eigenvalue weighted by Gasteiger charge is 2.02. The number of likely N-dealkylation sites (N-methyl/N-ethyl adjacent to an activating group) is 1. The summed E-state index contributed by atoms with van der Waals surface area (Å²) in [7, 11) is 3.63. The number of rotatable bonds is 7. The van der Waals surface area contributed by atoms with E-state index in [9.17, 15) is 0 Å². The summed E-state index contributed by atoms with van der Waals surface area (Å²) in [4.78, 5) is 0. The number of benzene rings is 2. The molecule has 0 unspecified atom stereocenters. The van der Waals surface area contributed by atoms with Gasteiger partial charge in [0.05, 0.1) is 7.11 Å². The molecule has 1 N–H and O–H groups in total. The molecule has 0 radical (unpaired) electrons. The molecule has 0 amide bonds. The molecule has 0 saturated heterocycles. The van der Waals surface area contributed by atoms with Crippen LogP contribution in [0.15, 0.2) is 48.5 Å². The van der Waals surface area contributed by atoms with Gasteiger partial charge in [-0.3, -0.25) is 0 Å². The predicted octanol–water partition coefficient (Wildman–Crippen LogP) is 3.04. The average Bonchev–Trinajstić information content (AvgIpc) is 2.52. The summed E-state index contributed by atoms with van der Waals surface area (Å²) in [6.07, 6.45) is 1.01. The molecule has 0 atom stereocenters. The van der Waals surface area contributed by atoms with E-state index in [1.807, 2.05) is 31.3 Å². The van der Waals surface area contributed by atoms with Gasteiger partial charge in [0.2, 0.25) is 0 Å². The fourth-order valence-electron chi connectivity index (χ4n) is 2.03. The fraction of sp³-hybridized carbons (Fsp3) is 0.294. The van der Waals surface area contributed by atoms with Crippen LogP contribution in [0, 0.1) is 0 Å². The molecule has 3 heteroatoms. The molecule has 0 aliphatic heterocycles. The van der Waals surface area contributed by atoms with Gasteiger partial charge in [0.25, 0.3) is 0 Å². The zero-order valence-electron chi connectivity index (χ0n) is 12.1. The van der Waals surface area contributed by atoms with Crippen molar-refractivity contribution in [3.63, 3.8) is 0 Å². The maximum atomic E-state index is 5.84. The zero-order chi connectivity index (χ0) is 14.2. The van der Waals surface area contributed by atoms with Crippen LogP contribution >= 0.6 is 0 Å². The Balaban J connectivity index is 1.98. The Morgan fingerprint density at radius 3 is 2.20 bits per heavy atom. The van der Waals surface area contributed by atoms with Gasteiger partial charge < -0.3 is 14.8 Å². The average molecular weight is 271 g/mol. The van der Waals surface area contributed by atoms with Crippen LogP contribution < -0.4 is 14.8 Å². The Labute approximate surface area is 120 Å². The molecule has 2 rings (SSSR count). The molecule has 0 spiro atoms. The molecule has 2 aromatic carbocycles. The molecule has 0 bridgehead atoms. The Morgan fingerprint density at radius 2 is 1.55 bits per heavy atom. The van der Waals surface area contributed by atoms with Crippen molar-refractivity contribution in [1.82, 2.24) is 5.32 Å². The van der Waals surface area contributed by atoms with Gasteiger partial charge in [-0.25, -0.2) is 0 Å². The molecule has 2 aromatic rings. The predicted molar refractivity (Wildman–Crippen MR) is 81.4 cm³/mol. The quantitative estimate of drug-likeness (QED) is 0.839. The van der Waals surface area contributed by atoms with Crippen LogP contribution in [0.2, 0.25) is 0 Å². The number of methoxy groups -OCH3 is 1. The molecule has 20 heavy (non-hydrogen) atoms. The van der Waals surface area contributed by atoms with E-state index in [4.69, 9.17) is 9.47 Å². The van der Waals surface area contributed by atoms with Crippen molar-refractivity contribution >= 4 is 0 Å². The van der Waals surface area contributed by atoms with Crippen molar-refractivity contribution < 1.29 is 9.47 Å². The second kappa shape index (κ2) is 7.56. The van der Waals surface area contributed by atoms with E-state index >= 15 is 0 Å². The lowest BCUT2D eigenvalue weighted by molar-refractivity contribution is 0.304. The highest BCUT2D eigenvalue weighted by Crippen LogP contribution is 2.19. The largest absolute Gasteiger partial charge is 0.497 e. The summed E-state index contributed by atoms with van der Waals surface area (Å²) in [5, 5.41) is 3.18. The van der Waals surface area contributed by atoms with E-state index in [0.717, 1.165) is 24.5 Å². The number of ether oxygens (including phenoxy) is 2. The Bertz CT molecular complexity index is 523. The van der Waals surface area contributed by atoms with Gasteiger partial charge in [-0.1, -0.05) is 24.3 Å². The van der Waals surface area contributed by atoms with Crippen LogP contribution in [0.5, 0.6) is 11.5 Å². The summed E-state index contributed by atoms with van der Waals surface area (Å²) in [5.74, 6) is 1.70. The maximum absolute atomic E-state index is 5.84. The lowest BCUT2D eigenvalue weighted by Crippen LogP contribution is -2.12. The molecule has 0 saturated carbocycles. The lowest BCUT2D eigenvalue weighted by atomic mass is 10.1. The minimum Gasteiger partial charge on any atom is -0.497 e. The summed E-state index contributed by atoms with van der Waals surface area (Å²) in [6.45, 7) is 1.56. The van der Waals surface area contributed by atoms with Gasteiger partial charge in [0, 0.05) is 0 Å². The third-order valence-electron chi connectivity index (χ3n) is 3.22. The number of hydrogen-bond donors (Lipinski definition) is 1. The minimum absolute atomic E-state index is 0.590. The van der Waals surface area contributed by atoms with Gasteiger partial charge >= 0.3 is 0 Å². The summed E-state index contributed by atoms with van der Waals surface area (Å²) < 4.78 is 11.0. The Morgan fingerprint density at radius 1 is 0.900 bits per heavy atom. The van der Waals surface area contributed by atoms with Crippen molar-refractivity contribution in [3.05, 3.63) is 59.7 Å². The monoisotopic (exact) mass is 271 g/mol. The first-order chi connectivity index (χ1) is 9.83. The molecule has 0 aromatic heterocycles. The molecular formula is C17H21NO2. The summed E-state index contributed by atoms with van der Waals surface area (Å²) in [6, 6.07) is 16.1. The maximum Gasteiger partial charge on any atom is 0.120 e. The van der Waals surface area contributed by atoms with Gasteiger partial charge in [0.15, 0.2) is 0 Å². The second-order valence-corrected chi connectivity index (χ2v) is 4.59. The first-order valence-electron chi connectivity index (χ1n) is 6.81. The van der Waals surface area contributed by atoms with E-state index in [-0.39, 0.29) is 0 Å². The Hall–Kier alpha value is -2.00. The molecule has 106 valence electrons. The van der Waals surface area contributed by atoms with Crippen molar-refractivity contribution in [2.24, 2.45) is 0 Å². The number of nitrogens with one attached hydrogen (secondary N) is 1. The van der Waals surface area contributed by atoms with Crippen LogP contribution in [0.1, 0.15) is 11.1 Å². The van der Waals surface area contributed by atoms with Gasteiger partial charge in [-0.15, -0.1) is 0 Å². The van der Waals surface area contributed by atoms with E-state index in [1.54, 1.807) is 7.11 Å². The summed E-state index contributed by atoms with van der Waals surface area (Å²) in [5.41, 5.74) is 2.56. The van der Waals surface area contributed by atoms with Crippen LogP contribution in [0.25, 0.3) is 0 Å². The van der Waals surface area contributed by atoms with Gasteiger partial charge in [0.1, 0.15) is 18.1 Å². The molecular weight excluding hydrogens is 250 g/mol.